The van der Waals surface area contributed by atoms with Gasteiger partial charge in [0.2, 0.25) is 5.91 Å². The van der Waals surface area contributed by atoms with Gasteiger partial charge in [-0.25, -0.2) is 4.39 Å². The van der Waals surface area contributed by atoms with Crippen LogP contribution in [0.5, 0.6) is 0 Å². The molecule has 0 bridgehead atoms. The van der Waals surface area contributed by atoms with E-state index in [1.807, 2.05) is 23.2 Å². The van der Waals surface area contributed by atoms with Crippen molar-refractivity contribution in [2.24, 2.45) is 0 Å². The first-order valence-electron chi connectivity index (χ1n) is 13.5. The number of aryl methyl sites for hydroxylation is 1. The zero-order valence-corrected chi connectivity index (χ0v) is 22.5. The fourth-order valence-electron chi connectivity index (χ4n) is 5.22. The monoisotopic (exact) mass is 534 g/mol. The molecule has 3 aromatic rings. The summed E-state index contributed by atoms with van der Waals surface area (Å²) in [5.74, 6) is -0.832. The number of benzene rings is 2. The topological polar surface area (TPSA) is 88.7 Å². The summed E-state index contributed by atoms with van der Waals surface area (Å²) in [6.07, 6.45) is 7.02. The molecule has 2 amide bonds. The van der Waals surface area contributed by atoms with Crippen molar-refractivity contribution in [3.05, 3.63) is 99.1 Å². The maximum atomic E-state index is 13.8. The van der Waals surface area contributed by atoms with Gasteiger partial charge in [-0.3, -0.25) is 19.7 Å². The Balaban J connectivity index is 1.54. The first-order valence-corrected chi connectivity index (χ1v) is 13.5. The molecular weight excluding hydrogens is 499 g/mol. The van der Waals surface area contributed by atoms with E-state index in [0.717, 1.165) is 43.4 Å². The Morgan fingerprint density at radius 3 is 2.46 bits per heavy atom. The summed E-state index contributed by atoms with van der Waals surface area (Å²) in [6.45, 7) is 4.58. The van der Waals surface area contributed by atoms with Gasteiger partial charge in [0, 0.05) is 48.2 Å². The van der Waals surface area contributed by atoms with E-state index in [1.165, 1.54) is 23.1 Å². The molecule has 1 heterocycles. The van der Waals surface area contributed by atoms with Gasteiger partial charge >= 0.3 is 0 Å². The van der Waals surface area contributed by atoms with Crippen LogP contribution in [-0.2, 0) is 17.9 Å². The Kier molecular flexibility index (Phi) is 9.11. The Morgan fingerprint density at radius 2 is 1.79 bits per heavy atom. The molecule has 0 spiro atoms. The summed E-state index contributed by atoms with van der Waals surface area (Å²) < 4.78 is 15.4. The average molecular weight is 535 g/mol. The van der Waals surface area contributed by atoms with Gasteiger partial charge in [-0.1, -0.05) is 37.5 Å². The van der Waals surface area contributed by atoms with Gasteiger partial charge in [0.15, 0.2) is 0 Å². The van der Waals surface area contributed by atoms with Gasteiger partial charge in [0.1, 0.15) is 12.4 Å². The van der Waals surface area contributed by atoms with Gasteiger partial charge < -0.3 is 14.4 Å². The molecule has 4 rings (SSSR count). The number of nitro groups is 1. The van der Waals surface area contributed by atoms with E-state index in [1.54, 1.807) is 38.1 Å². The van der Waals surface area contributed by atoms with E-state index < -0.39 is 10.8 Å². The molecule has 0 aliphatic heterocycles. The van der Waals surface area contributed by atoms with E-state index in [-0.39, 0.29) is 35.6 Å². The lowest BCUT2D eigenvalue weighted by Crippen LogP contribution is -2.47. The van der Waals surface area contributed by atoms with Crippen LogP contribution < -0.4 is 0 Å². The number of halogens is 1. The lowest BCUT2D eigenvalue weighted by Gasteiger charge is -2.36. The van der Waals surface area contributed by atoms with E-state index in [0.29, 0.717) is 25.2 Å². The molecule has 0 radical (unpaired) electrons. The maximum Gasteiger partial charge on any atom is 0.273 e. The largest absolute Gasteiger partial charge is 0.345 e. The van der Waals surface area contributed by atoms with Crippen molar-refractivity contribution in [1.82, 2.24) is 14.4 Å². The van der Waals surface area contributed by atoms with Crippen LogP contribution in [0.15, 0.2) is 60.8 Å². The highest BCUT2D eigenvalue weighted by atomic mass is 19.1. The first kappa shape index (κ1) is 28.0. The van der Waals surface area contributed by atoms with Crippen molar-refractivity contribution >= 4 is 17.5 Å². The highest BCUT2D eigenvalue weighted by Gasteiger charge is 2.29. The second kappa shape index (κ2) is 12.7. The molecule has 0 atom stereocenters. The lowest BCUT2D eigenvalue weighted by molar-refractivity contribution is -0.385. The number of hydrogen-bond donors (Lipinski definition) is 0. The summed E-state index contributed by atoms with van der Waals surface area (Å²) >= 11 is 0. The summed E-state index contributed by atoms with van der Waals surface area (Å²) in [5.41, 5.74) is 2.47. The number of hydrogen-bond acceptors (Lipinski definition) is 4. The lowest BCUT2D eigenvalue weighted by atomic mass is 9.94. The van der Waals surface area contributed by atoms with Crippen molar-refractivity contribution in [3.8, 4) is 0 Å². The van der Waals surface area contributed by atoms with Crippen LogP contribution in [-0.4, -0.2) is 50.2 Å². The maximum absolute atomic E-state index is 13.8. The van der Waals surface area contributed by atoms with Crippen molar-refractivity contribution in [2.45, 2.75) is 65.1 Å². The van der Waals surface area contributed by atoms with Crippen LogP contribution in [0.25, 0.3) is 0 Å². The van der Waals surface area contributed by atoms with Crippen LogP contribution in [0.3, 0.4) is 0 Å². The number of aromatic nitrogens is 1. The van der Waals surface area contributed by atoms with Gasteiger partial charge in [-0.15, -0.1) is 0 Å². The SMILES string of the molecule is CCN(CC(=O)N(Cc1cccn1Cc1ccc(F)cc1)C1CCCCC1)C(=O)c1ccc(C)c([N+](=O)[O-])c1. The smallest absolute Gasteiger partial charge is 0.273 e. The second-order valence-corrected chi connectivity index (χ2v) is 10.1. The van der Waals surface area contributed by atoms with Gasteiger partial charge in [-0.05, 0) is 62.6 Å². The van der Waals surface area contributed by atoms with Crippen molar-refractivity contribution in [2.75, 3.05) is 13.1 Å². The Bertz CT molecular complexity index is 1310. The summed E-state index contributed by atoms with van der Waals surface area (Å²) in [7, 11) is 0. The third-order valence-electron chi connectivity index (χ3n) is 7.51. The molecule has 0 N–H and O–H groups in total. The molecule has 0 unspecified atom stereocenters. The highest BCUT2D eigenvalue weighted by Crippen LogP contribution is 2.26. The van der Waals surface area contributed by atoms with E-state index >= 15 is 0 Å². The molecule has 1 aromatic heterocycles. The fraction of sp³-hybridized carbons (Fsp3) is 0.400. The zero-order chi connectivity index (χ0) is 27.9. The molecule has 1 fully saturated rings. The number of amides is 2. The quantitative estimate of drug-likeness (QED) is 0.246. The van der Waals surface area contributed by atoms with Crippen molar-refractivity contribution < 1.29 is 18.9 Å². The molecular formula is C30H35FN4O4. The zero-order valence-electron chi connectivity index (χ0n) is 22.5. The number of rotatable bonds is 10. The van der Waals surface area contributed by atoms with Crippen LogP contribution in [0.1, 0.15) is 66.2 Å². The average Bonchev–Trinajstić information content (AvgIpc) is 3.38. The summed E-state index contributed by atoms with van der Waals surface area (Å²) in [5, 5.41) is 11.4. The predicted octanol–water partition coefficient (Wildman–Crippen LogP) is 5.72. The molecule has 39 heavy (non-hydrogen) atoms. The van der Waals surface area contributed by atoms with Crippen LogP contribution in [0.2, 0.25) is 0 Å². The van der Waals surface area contributed by atoms with Gasteiger partial charge in [0.25, 0.3) is 11.6 Å². The van der Waals surface area contributed by atoms with Gasteiger partial charge in [-0.2, -0.15) is 0 Å². The Labute approximate surface area is 228 Å². The minimum Gasteiger partial charge on any atom is -0.345 e. The molecule has 1 aliphatic carbocycles. The predicted molar refractivity (Wildman–Crippen MR) is 147 cm³/mol. The number of nitro benzene ring substituents is 1. The minimum absolute atomic E-state index is 0.0784. The van der Waals surface area contributed by atoms with Gasteiger partial charge in [0.05, 0.1) is 11.5 Å². The van der Waals surface area contributed by atoms with E-state index in [9.17, 15) is 24.1 Å². The number of carbonyl (C=O) groups is 2. The van der Waals surface area contributed by atoms with Crippen LogP contribution in [0.4, 0.5) is 10.1 Å². The van der Waals surface area contributed by atoms with Crippen LogP contribution in [0, 0.1) is 22.9 Å². The summed E-state index contributed by atoms with van der Waals surface area (Å²) in [4.78, 5) is 41.3. The summed E-state index contributed by atoms with van der Waals surface area (Å²) in [6, 6.07) is 14.8. The number of nitrogens with zero attached hydrogens (tertiary/aromatic N) is 4. The van der Waals surface area contributed by atoms with E-state index in [4.69, 9.17) is 0 Å². The third kappa shape index (κ3) is 6.90. The number of carbonyl (C=O) groups excluding carboxylic acids is 2. The van der Waals surface area contributed by atoms with Crippen LogP contribution >= 0.6 is 0 Å². The van der Waals surface area contributed by atoms with Crippen molar-refractivity contribution in [3.63, 3.8) is 0 Å². The molecule has 1 aliphatic rings. The minimum atomic E-state index is -0.501. The normalized spacial score (nSPS) is 13.7. The highest BCUT2D eigenvalue weighted by molar-refractivity contribution is 5.97. The second-order valence-electron chi connectivity index (χ2n) is 10.1. The third-order valence-corrected chi connectivity index (χ3v) is 7.51. The number of likely N-dealkylation sites (N-methyl/N-ethyl adjacent to an activating group) is 1. The molecule has 206 valence electrons. The Morgan fingerprint density at radius 1 is 1.08 bits per heavy atom. The first-order chi connectivity index (χ1) is 18.8. The van der Waals surface area contributed by atoms with E-state index in [2.05, 4.69) is 4.57 Å². The molecule has 0 saturated heterocycles. The molecule has 2 aromatic carbocycles. The molecule has 8 nitrogen and oxygen atoms in total. The standard InChI is InChI=1S/C30H35FN4O4/c1-3-32(30(37)24-14-11-22(2)28(18-24)35(38)39)21-29(36)34(26-8-5-4-6-9-26)20-27-10-7-17-33(27)19-23-12-15-25(31)16-13-23/h7,10-18,26H,3-6,8-9,19-21H2,1-2H3. The Hall–Kier alpha value is -4.01. The molecule has 1 saturated carbocycles. The fourth-order valence-corrected chi connectivity index (χ4v) is 5.22. The molecule has 9 heteroatoms. The van der Waals surface area contributed by atoms with Crippen molar-refractivity contribution in [1.29, 1.82) is 0 Å².